The number of nitrogens with one attached hydrogen (secondary N) is 1. The van der Waals surface area contributed by atoms with E-state index in [1.54, 1.807) is 0 Å². The molecule has 0 aromatic heterocycles. The average molecular weight is 383 g/mol. The van der Waals surface area contributed by atoms with Crippen molar-refractivity contribution >= 4 is 17.7 Å². The third kappa shape index (κ3) is 3.77. The van der Waals surface area contributed by atoms with Gasteiger partial charge in [-0.1, -0.05) is 30.3 Å². The van der Waals surface area contributed by atoms with E-state index < -0.39 is 0 Å². The standard InChI is InChI=1S/C22H29N3O3/c26-19(15-17-5-2-1-3-6-17)25-12-4-7-18(16-25)20(27)24-13-9-22(10-14-24)8-11-23-21(22)28/h1-3,5-6,18H,4,7-16H2,(H,23,28)/t18-/m1/s1. The predicted octanol–water partition coefficient (Wildman–Crippen LogP) is 1.60. The van der Waals surface area contributed by atoms with Crippen LogP contribution < -0.4 is 5.32 Å². The van der Waals surface area contributed by atoms with E-state index in [1.165, 1.54) is 0 Å². The summed E-state index contributed by atoms with van der Waals surface area (Å²) in [5, 5.41) is 2.94. The first-order valence-electron chi connectivity index (χ1n) is 10.5. The molecule has 3 aliphatic heterocycles. The molecule has 3 amide bonds. The SMILES string of the molecule is O=C(Cc1ccccc1)N1CCC[C@@H](C(=O)N2CCC3(CCNC3=O)CC2)C1. The largest absolute Gasteiger partial charge is 0.356 e. The van der Waals surface area contributed by atoms with Gasteiger partial charge in [-0.25, -0.2) is 0 Å². The van der Waals surface area contributed by atoms with Crippen molar-refractivity contribution in [1.29, 1.82) is 0 Å². The van der Waals surface area contributed by atoms with Gasteiger partial charge in [0, 0.05) is 32.7 Å². The van der Waals surface area contributed by atoms with Gasteiger partial charge in [-0.3, -0.25) is 14.4 Å². The van der Waals surface area contributed by atoms with E-state index in [4.69, 9.17) is 0 Å². The molecule has 150 valence electrons. The summed E-state index contributed by atoms with van der Waals surface area (Å²) in [4.78, 5) is 41.6. The van der Waals surface area contributed by atoms with Crippen molar-refractivity contribution in [3.63, 3.8) is 0 Å². The molecule has 1 aromatic carbocycles. The third-order valence-electron chi connectivity index (χ3n) is 6.72. The molecule has 1 atom stereocenters. The molecule has 3 saturated heterocycles. The fourth-order valence-electron chi connectivity index (χ4n) is 4.89. The number of carbonyl (C=O) groups excluding carboxylic acids is 3. The Morgan fingerprint density at radius 1 is 1.04 bits per heavy atom. The first-order chi connectivity index (χ1) is 13.6. The molecule has 4 rings (SSSR count). The lowest BCUT2D eigenvalue weighted by Gasteiger charge is -2.40. The molecule has 3 aliphatic rings. The van der Waals surface area contributed by atoms with Crippen molar-refractivity contribution in [2.24, 2.45) is 11.3 Å². The fraction of sp³-hybridized carbons (Fsp3) is 0.591. The monoisotopic (exact) mass is 383 g/mol. The maximum absolute atomic E-state index is 13.1. The van der Waals surface area contributed by atoms with Gasteiger partial charge in [0.1, 0.15) is 0 Å². The highest BCUT2D eigenvalue weighted by molar-refractivity contribution is 5.86. The van der Waals surface area contributed by atoms with Gasteiger partial charge < -0.3 is 15.1 Å². The number of carbonyl (C=O) groups is 3. The highest BCUT2D eigenvalue weighted by Crippen LogP contribution is 2.38. The summed E-state index contributed by atoms with van der Waals surface area (Å²) < 4.78 is 0. The topological polar surface area (TPSA) is 69.7 Å². The Bertz CT molecular complexity index is 741. The molecule has 1 N–H and O–H groups in total. The van der Waals surface area contributed by atoms with Crippen LogP contribution in [0.2, 0.25) is 0 Å². The minimum Gasteiger partial charge on any atom is -0.356 e. The highest BCUT2D eigenvalue weighted by atomic mass is 16.2. The van der Waals surface area contributed by atoms with Crippen molar-refractivity contribution < 1.29 is 14.4 Å². The van der Waals surface area contributed by atoms with E-state index in [1.807, 2.05) is 40.1 Å². The van der Waals surface area contributed by atoms with Crippen molar-refractivity contribution in [3.8, 4) is 0 Å². The fourth-order valence-corrected chi connectivity index (χ4v) is 4.89. The van der Waals surface area contributed by atoms with E-state index in [-0.39, 0.29) is 29.1 Å². The summed E-state index contributed by atoms with van der Waals surface area (Å²) in [7, 11) is 0. The van der Waals surface area contributed by atoms with Crippen molar-refractivity contribution in [2.75, 3.05) is 32.7 Å². The average Bonchev–Trinajstić information content (AvgIpc) is 3.08. The lowest BCUT2D eigenvalue weighted by molar-refractivity contribution is -0.144. The Labute approximate surface area is 166 Å². The van der Waals surface area contributed by atoms with Crippen LogP contribution in [0, 0.1) is 11.3 Å². The Balaban J connectivity index is 1.32. The molecule has 6 heteroatoms. The smallest absolute Gasteiger partial charge is 0.227 e. The van der Waals surface area contributed by atoms with Crippen LogP contribution in [-0.4, -0.2) is 60.2 Å². The maximum Gasteiger partial charge on any atom is 0.227 e. The first-order valence-corrected chi connectivity index (χ1v) is 10.5. The molecule has 0 unspecified atom stereocenters. The number of nitrogens with zero attached hydrogens (tertiary/aromatic N) is 2. The molecule has 0 aliphatic carbocycles. The van der Waals surface area contributed by atoms with Crippen LogP contribution in [0.3, 0.4) is 0 Å². The van der Waals surface area contributed by atoms with Gasteiger partial charge in [0.25, 0.3) is 0 Å². The zero-order chi connectivity index (χ0) is 19.6. The van der Waals surface area contributed by atoms with E-state index in [0.29, 0.717) is 26.1 Å². The van der Waals surface area contributed by atoms with Crippen LogP contribution in [-0.2, 0) is 20.8 Å². The Kier molecular flexibility index (Phi) is 5.38. The van der Waals surface area contributed by atoms with Gasteiger partial charge >= 0.3 is 0 Å². The van der Waals surface area contributed by atoms with Gasteiger partial charge in [0.15, 0.2) is 0 Å². The molecule has 1 aromatic rings. The molecule has 3 fully saturated rings. The zero-order valence-corrected chi connectivity index (χ0v) is 16.4. The molecule has 0 saturated carbocycles. The van der Waals surface area contributed by atoms with Crippen LogP contribution in [0.15, 0.2) is 30.3 Å². The number of likely N-dealkylation sites (tertiary alicyclic amines) is 2. The molecule has 0 bridgehead atoms. The molecular formula is C22H29N3O3. The molecule has 3 heterocycles. The normalized spacial score (nSPS) is 24.3. The highest BCUT2D eigenvalue weighted by Gasteiger charge is 2.45. The lowest BCUT2D eigenvalue weighted by Crippen LogP contribution is -2.51. The second-order valence-corrected chi connectivity index (χ2v) is 8.45. The van der Waals surface area contributed by atoms with Crippen LogP contribution in [0.1, 0.15) is 37.7 Å². The minimum absolute atomic E-state index is 0.101. The molecular weight excluding hydrogens is 354 g/mol. The Hall–Kier alpha value is -2.37. The van der Waals surface area contributed by atoms with Gasteiger partial charge in [0.2, 0.25) is 17.7 Å². The molecule has 1 spiro atoms. The Morgan fingerprint density at radius 3 is 2.46 bits per heavy atom. The van der Waals surface area contributed by atoms with E-state index >= 15 is 0 Å². The minimum atomic E-state index is -0.249. The third-order valence-corrected chi connectivity index (χ3v) is 6.72. The van der Waals surface area contributed by atoms with Gasteiger partial charge in [-0.2, -0.15) is 0 Å². The summed E-state index contributed by atoms with van der Waals surface area (Å²) in [6.45, 7) is 3.32. The first kappa shape index (κ1) is 19.0. The number of rotatable bonds is 3. The van der Waals surface area contributed by atoms with E-state index in [9.17, 15) is 14.4 Å². The number of piperidine rings is 2. The van der Waals surface area contributed by atoms with Gasteiger partial charge in [-0.05, 0) is 37.7 Å². The van der Waals surface area contributed by atoms with Crippen LogP contribution in [0.4, 0.5) is 0 Å². The van der Waals surface area contributed by atoms with E-state index in [2.05, 4.69) is 5.32 Å². The maximum atomic E-state index is 13.1. The zero-order valence-electron chi connectivity index (χ0n) is 16.4. The van der Waals surface area contributed by atoms with E-state index in [0.717, 1.165) is 50.8 Å². The summed E-state index contributed by atoms with van der Waals surface area (Å²) >= 11 is 0. The number of hydrogen-bond donors (Lipinski definition) is 1. The number of hydrogen-bond acceptors (Lipinski definition) is 3. The van der Waals surface area contributed by atoms with Crippen LogP contribution in [0.5, 0.6) is 0 Å². The number of amides is 3. The molecule has 28 heavy (non-hydrogen) atoms. The van der Waals surface area contributed by atoms with Crippen molar-refractivity contribution in [2.45, 2.75) is 38.5 Å². The summed E-state index contributed by atoms with van der Waals surface area (Å²) in [5.41, 5.74) is 0.762. The predicted molar refractivity (Wildman–Crippen MR) is 105 cm³/mol. The number of benzene rings is 1. The lowest BCUT2D eigenvalue weighted by atomic mass is 9.77. The second-order valence-electron chi connectivity index (χ2n) is 8.45. The van der Waals surface area contributed by atoms with Crippen molar-refractivity contribution in [1.82, 2.24) is 15.1 Å². The van der Waals surface area contributed by atoms with Gasteiger partial charge in [-0.15, -0.1) is 0 Å². The van der Waals surface area contributed by atoms with Gasteiger partial charge in [0.05, 0.1) is 17.8 Å². The summed E-state index contributed by atoms with van der Waals surface area (Å²) in [6.07, 6.45) is 4.51. The van der Waals surface area contributed by atoms with Crippen molar-refractivity contribution in [3.05, 3.63) is 35.9 Å². The van der Waals surface area contributed by atoms with Crippen LogP contribution in [0.25, 0.3) is 0 Å². The molecule has 6 nitrogen and oxygen atoms in total. The summed E-state index contributed by atoms with van der Waals surface area (Å²) in [6, 6.07) is 9.76. The summed E-state index contributed by atoms with van der Waals surface area (Å²) in [5.74, 6) is 0.310. The second kappa shape index (κ2) is 7.94. The quantitative estimate of drug-likeness (QED) is 0.862. The molecule has 0 radical (unpaired) electrons. The Morgan fingerprint density at radius 2 is 1.79 bits per heavy atom. The van der Waals surface area contributed by atoms with Crippen LogP contribution >= 0.6 is 0 Å².